The Morgan fingerprint density at radius 2 is 2.25 bits per heavy atom. The Bertz CT molecular complexity index is 271. The van der Waals surface area contributed by atoms with Crippen molar-refractivity contribution in [2.75, 3.05) is 19.6 Å². The molecule has 16 heavy (non-hydrogen) atoms. The quantitative estimate of drug-likeness (QED) is 0.773. The van der Waals surface area contributed by atoms with Crippen LogP contribution < -0.4 is 5.32 Å². The number of carbonyl (C=O) groups is 1. The Kier molecular flexibility index (Phi) is 3.24. The molecule has 2 fully saturated rings. The third kappa shape index (κ3) is 1.86. The number of rotatable bonds is 2. The monoisotopic (exact) mass is 224 g/mol. The number of hydrogen-bond donors (Lipinski definition) is 1. The van der Waals surface area contributed by atoms with E-state index in [1.54, 1.807) is 0 Å². The largest absolute Gasteiger partial charge is 0.339 e. The first-order valence-corrected chi connectivity index (χ1v) is 6.61. The van der Waals surface area contributed by atoms with Gasteiger partial charge in [0.05, 0.1) is 5.41 Å². The van der Waals surface area contributed by atoms with E-state index in [4.69, 9.17) is 0 Å². The fourth-order valence-corrected chi connectivity index (χ4v) is 3.27. The van der Waals surface area contributed by atoms with Gasteiger partial charge in [0.25, 0.3) is 0 Å². The molecule has 0 aliphatic carbocycles. The zero-order valence-electron chi connectivity index (χ0n) is 10.8. The third-order valence-electron chi connectivity index (χ3n) is 4.42. The molecule has 2 aliphatic heterocycles. The van der Waals surface area contributed by atoms with Crippen LogP contribution in [0, 0.1) is 11.3 Å². The molecule has 0 aromatic carbocycles. The van der Waals surface area contributed by atoms with E-state index in [2.05, 4.69) is 31.0 Å². The Morgan fingerprint density at radius 3 is 2.69 bits per heavy atom. The Balaban J connectivity index is 2.11. The number of carbonyl (C=O) groups excluding carboxylic acids is 1. The van der Waals surface area contributed by atoms with Crippen molar-refractivity contribution < 1.29 is 4.79 Å². The third-order valence-corrected chi connectivity index (χ3v) is 4.42. The van der Waals surface area contributed by atoms with Gasteiger partial charge in [0.15, 0.2) is 0 Å². The standard InChI is InChI=1S/C13H24N2O/c1-4-13(5-6-14-9-13)12(16)15-8-10(2)7-11(15)3/h10-11,14H,4-9H2,1-3H3. The highest BCUT2D eigenvalue weighted by atomic mass is 16.2. The maximum Gasteiger partial charge on any atom is 0.230 e. The molecule has 1 N–H and O–H groups in total. The average Bonchev–Trinajstić information content (AvgIpc) is 2.85. The molecule has 0 aromatic heterocycles. The van der Waals surface area contributed by atoms with Crippen molar-refractivity contribution in [3.8, 4) is 0 Å². The fraction of sp³-hybridized carbons (Fsp3) is 0.923. The highest BCUT2D eigenvalue weighted by molar-refractivity contribution is 5.84. The summed E-state index contributed by atoms with van der Waals surface area (Å²) in [5.74, 6) is 1.07. The van der Waals surface area contributed by atoms with Gasteiger partial charge in [-0.1, -0.05) is 13.8 Å². The number of likely N-dealkylation sites (tertiary alicyclic amines) is 1. The van der Waals surface area contributed by atoms with Crippen molar-refractivity contribution in [1.82, 2.24) is 10.2 Å². The van der Waals surface area contributed by atoms with Gasteiger partial charge in [0, 0.05) is 19.1 Å². The molecule has 3 heteroatoms. The predicted molar refractivity (Wildman–Crippen MR) is 65.2 cm³/mol. The molecule has 3 unspecified atom stereocenters. The van der Waals surface area contributed by atoms with Crippen LogP contribution in [0.2, 0.25) is 0 Å². The number of hydrogen-bond acceptors (Lipinski definition) is 2. The Labute approximate surface area is 98.6 Å². The Hall–Kier alpha value is -0.570. The highest BCUT2D eigenvalue weighted by Crippen LogP contribution is 2.35. The summed E-state index contributed by atoms with van der Waals surface area (Å²) >= 11 is 0. The molecule has 0 spiro atoms. The molecule has 2 saturated heterocycles. The molecule has 3 atom stereocenters. The summed E-state index contributed by atoms with van der Waals surface area (Å²) in [6.45, 7) is 9.41. The van der Waals surface area contributed by atoms with E-state index < -0.39 is 0 Å². The van der Waals surface area contributed by atoms with Gasteiger partial charge < -0.3 is 10.2 Å². The van der Waals surface area contributed by atoms with Gasteiger partial charge in [0.2, 0.25) is 5.91 Å². The van der Waals surface area contributed by atoms with Crippen LogP contribution in [0.4, 0.5) is 0 Å². The smallest absolute Gasteiger partial charge is 0.230 e. The van der Waals surface area contributed by atoms with Crippen LogP contribution >= 0.6 is 0 Å². The molecular formula is C13H24N2O. The van der Waals surface area contributed by atoms with E-state index >= 15 is 0 Å². The van der Waals surface area contributed by atoms with Crippen molar-refractivity contribution >= 4 is 5.91 Å². The second kappa shape index (κ2) is 4.36. The van der Waals surface area contributed by atoms with E-state index in [1.807, 2.05) is 0 Å². The van der Waals surface area contributed by atoms with Crippen molar-refractivity contribution in [3.63, 3.8) is 0 Å². The molecule has 0 bridgehead atoms. The summed E-state index contributed by atoms with van der Waals surface area (Å²) < 4.78 is 0. The first-order chi connectivity index (χ1) is 7.59. The summed E-state index contributed by atoms with van der Waals surface area (Å²) in [5, 5.41) is 3.35. The SMILES string of the molecule is CCC1(C(=O)N2CC(C)CC2C)CCNC1. The van der Waals surface area contributed by atoms with Crippen molar-refractivity contribution in [1.29, 1.82) is 0 Å². The molecule has 3 nitrogen and oxygen atoms in total. The van der Waals surface area contributed by atoms with E-state index in [0.29, 0.717) is 17.9 Å². The lowest BCUT2D eigenvalue weighted by Crippen LogP contribution is -2.46. The van der Waals surface area contributed by atoms with Gasteiger partial charge in [-0.2, -0.15) is 0 Å². The minimum Gasteiger partial charge on any atom is -0.339 e. The van der Waals surface area contributed by atoms with Gasteiger partial charge in [-0.05, 0) is 38.6 Å². The topological polar surface area (TPSA) is 32.3 Å². The Morgan fingerprint density at radius 1 is 1.50 bits per heavy atom. The summed E-state index contributed by atoms with van der Waals surface area (Å²) in [4.78, 5) is 14.8. The van der Waals surface area contributed by atoms with Crippen LogP contribution in [-0.4, -0.2) is 36.5 Å². The minimum absolute atomic E-state index is 0.0989. The van der Waals surface area contributed by atoms with E-state index in [0.717, 1.165) is 32.5 Å². The van der Waals surface area contributed by atoms with Gasteiger partial charge in [-0.15, -0.1) is 0 Å². The van der Waals surface area contributed by atoms with Gasteiger partial charge in [-0.25, -0.2) is 0 Å². The van der Waals surface area contributed by atoms with Crippen LogP contribution in [0.15, 0.2) is 0 Å². The van der Waals surface area contributed by atoms with Gasteiger partial charge >= 0.3 is 0 Å². The summed E-state index contributed by atoms with van der Waals surface area (Å²) in [6.07, 6.45) is 3.15. The van der Waals surface area contributed by atoms with Crippen LogP contribution in [-0.2, 0) is 4.79 Å². The van der Waals surface area contributed by atoms with Crippen molar-refractivity contribution in [3.05, 3.63) is 0 Å². The number of amides is 1. The molecule has 0 saturated carbocycles. The predicted octanol–water partition coefficient (Wildman–Crippen LogP) is 1.63. The molecule has 92 valence electrons. The van der Waals surface area contributed by atoms with Crippen LogP contribution in [0.3, 0.4) is 0 Å². The second-order valence-electron chi connectivity index (χ2n) is 5.71. The zero-order chi connectivity index (χ0) is 11.8. The second-order valence-corrected chi connectivity index (χ2v) is 5.71. The molecule has 2 heterocycles. The lowest BCUT2D eigenvalue weighted by molar-refractivity contribution is -0.142. The molecule has 2 rings (SSSR count). The van der Waals surface area contributed by atoms with E-state index in [-0.39, 0.29) is 5.41 Å². The lowest BCUT2D eigenvalue weighted by Gasteiger charge is -2.33. The molecule has 0 aromatic rings. The number of nitrogens with zero attached hydrogens (tertiary/aromatic N) is 1. The molecule has 0 radical (unpaired) electrons. The number of nitrogens with one attached hydrogen (secondary N) is 1. The van der Waals surface area contributed by atoms with Crippen LogP contribution in [0.25, 0.3) is 0 Å². The molecular weight excluding hydrogens is 200 g/mol. The van der Waals surface area contributed by atoms with Crippen molar-refractivity contribution in [2.45, 2.75) is 46.1 Å². The lowest BCUT2D eigenvalue weighted by atomic mass is 9.82. The maximum atomic E-state index is 12.6. The van der Waals surface area contributed by atoms with E-state index in [9.17, 15) is 4.79 Å². The fourth-order valence-electron chi connectivity index (χ4n) is 3.27. The highest BCUT2D eigenvalue weighted by Gasteiger charge is 2.44. The molecule has 1 amide bonds. The molecule has 2 aliphatic rings. The summed E-state index contributed by atoms with van der Waals surface area (Å²) in [7, 11) is 0. The normalized spacial score (nSPS) is 39.3. The van der Waals surface area contributed by atoms with Gasteiger partial charge in [0.1, 0.15) is 0 Å². The first-order valence-electron chi connectivity index (χ1n) is 6.61. The van der Waals surface area contributed by atoms with Crippen molar-refractivity contribution in [2.24, 2.45) is 11.3 Å². The summed E-state index contributed by atoms with van der Waals surface area (Å²) in [5.41, 5.74) is -0.0989. The minimum atomic E-state index is -0.0989. The zero-order valence-corrected chi connectivity index (χ0v) is 10.8. The average molecular weight is 224 g/mol. The van der Waals surface area contributed by atoms with Crippen LogP contribution in [0.5, 0.6) is 0 Å². The summed E-state index contributed by atoms with van der Waals surface area (Å²) in [6, 6.07) is 0.437. The van der Waals surface area contributed by atoms with Gasteiger partial charge in [-0.3, -0.25) is 4.79 Å². The van der Waals surface area contributed by atoms with Crippen LogP contribution in [0.1, 0.15) is 40.0 Å². The van der Waals surface area contributed by atoms with E-state index in [1.165, 1.54) is 6.42 Å². The maximum absolute atomic E-state index is 12.6. The first kappa shape index (κ1) is 11.9.